The number of benzene rings is 2. The number of nitrogens with one attached hydrogen (secondary N) is 3. The molecule has 1 aromatic heterocycles. The van der Waals surface area contributed by atoms with Crippen LogP contribution in [0.1, 0.15) is 12.5 Å². The second-order valence-electron chi connectivity index (χ2n) is 5.76. The lowest BCUT2D eigenvalue weighted by Gasteiger charge is -2.15. The SMILES string of the molecule is CC(Nc1ccc2oc(=O)[nH]c2c1)C(=O)NCCc1ccc(F)cc1. The lowest BCUT2D eigenvalue weighted by Crippen LogP contribution is -2.38. The van der Waals surface area contributed by atoms with Crippen molar-refractivity contribution in [1.82, 2.24) is 10.3 Å². The summed E-state index contributed by atoms with van der Waals surface area (Å²) >= 11 is 0. The Labute approximate surface area is 143 Å². The van der Waals surface area contributed by atoms with Gasteiger partial charge in [0.1, 0.15) is 11.9 Å². The van der Waals surface area contributed by atoms with Crippen LogP contribution in [0.25, 0.3) is 11.1 Å². The van der Waals surface area contributed by atoms with Crippen molar-refractivity contribution in [3.8, 4) is 0 Å². The van der Waals surface area contributed by atoms with Gasteiger partial charge in [-0.15, -0.1) is 0 Å². The molecule has 0 saturated carbocycles. The summed E-state index contributed by atoms with van der Waals surface area (Å²) in [5.74, 6) is -0.942. The summed E-state index contributed by atoms with van der Waals surface area (Å²) in [6, 6.07) is 10.9. The molecule has 1 atom stereocenters. The molecule has 3 aromatic rings. The Hall–Kier alpha value is -3.09. The predicted molar refractivity (Wildman–Crippen MR) is 93.0 cm³/mol. The summed E-state index contributed by atoms with van der Waals surface area (Å²) in [7, 11) is 0. The van der Waals surface area contributed by atoms with Gasteiger partial charge in [-0.25, -0.2) is 9.18 Å². The van der Waals surface area contributed by atoms with Gasteiger partial charge in [-0.05, 0) is 49.2 Å². The van der Waals surface area contributed by atoms with E-state index in [4.69, 9.17) is 4.42 Å². The van der Waals surface area contributed by atoms with Gasteiger partial charge in [0.05, 0.1) is 5.52 Å². The number of amides is 1. The number of halogens is 1. The van der Waals surface area contributed by atoms with E-state index in [1.807, 2.05) is 0 Å². The van der Waals surface area contributed by atoms with Crippen LogP contribution in [0.3, 0.4) is 0 Å². The van der Waals surface area contributed by atoms with E-state index < -0.39 is 11.8 Å². The number of hydrogen-bond donors (Lipinski definition) is 3. The molecule has 6 nitrogen and oxygen atoms in total. The first kappa shape index (κ1) is 16.8. The van der Waals surface area contributed by atoms with Gasteiger partial charge >= 0.3 is 5.76 Å². The maximum atomic E-state index is 12.8. The van der Waals surface area contributed by atoms with Gasteiger partial charge in [-0.1, -0.05) is 12.1 Å². The second-order valence-corrected chi connectivity index (χ2v) is 5.76. The predicted octanol–water partition coefficient (Wildman–Crippen LogP) is 2.42. The zero-order chi connectivity index (χ0) is 17.8. The van der Waals surface area contributed by atoms with Crippen molar-refractivity contribution >= 4 is 22.7 Å². The number of H-pyrrole nitrogens is 1. The van der Waals surface area contributed by atoms with Crippen molar-refractivity contribution in [1.29, 1.82) is 0 Å². The minimum absolute atomic E-state index is 0.150. The van der Waals surface area contributed by atoms with Gasteiger partial charge < -0.3 is 15.1 Å². The highest BCUT2D eigenvalue weighted by molar-refractivity contribution is 5.85. The number of hydrogen-bond acceptors (Lipinski definition) is 4. The summed E-state index contributed by atoms with van der Waals surface area (Å²) in [5, 5.41) is 5.91. The molecule has 0 spiro atoms. The van der Waals surface area contributed by atoms with Crippen molar-refractivity contribution in [2.75, 3.05) is 11.9 Å². The van der Waals surface area contributed by atoms with E-state index in [-0.39, 0.29) is 11.7 Å². The summed E-state index contributed by atoms with van der Waals surface area (Å²) in [6.07, 6.45) is 0.626. The second kappa shape index (κ2) is 7.21. The van der Waals surface area contributed by atoms with Crippen molar-refractivity contribution in [3.05, 3.63) is 64.4 Å². The number of aromatic nitrogens is 1. The number of carbonyl (C=O) groups is 1. The molecule has 7 heteroatoms. The highest BCUT2D eigenvalue weighted by Crippen LogP contribution is 2.16. The van der Waals surface area contributed by atoms with Gasteiger partial charge in [0.25, 0.3) is 0 Å². The van der Waals surface area contributed by atoms with E-state index in [1.54, 1.807) is 37.3 Å². The van der Waals surface area contributed by atoms with E-state index in [0.29, 0.717) is 29.8 Å². The van der Waals surface area contributed by atoms with Gasteiger partial charge in [0.15, 0.2) is 5.58 Å². The Balaban J connectivity index is 1.52. The van der Waals surface area contributed by atoms with Crippen molar-refractivity contribution in [2.24, 2.45) is 0 Å². The standard InChI is InChI=1S/C18H18FN3O3/c1-11(17(23)20-9-8-12-2-4-13(19)5-3-12)21-14-6-7-16-15(10-14)22-18(24)25-16/h2-7,10-11,21H,8-9H2,1H3,(H,20,23)(H,22,24). The highest BCUT2D eigenvalue weighted by Gasteiger charge is 2.12. The van der Waals surface area contributed by atoms with Crippen LogP contribution in [0.5, 0.6) is 0 Å². The fraction of sp³-hybridized carbons (Fsp3) is 0.222. The summed E-state index contributed by atoms with van der Waals surface area (Å²) in [5.41, 5.74) is 2.69. The number of fused-ring (bicyclic) bond motifs is 1. The number of aromatic amines is 1. The average Bonchev–Trinajstić information content (AvgIpc) is 2.95. The molecule has 0 aliphatic rings. The molecule has 0 aliphatic heterocycles. The molecule has 1 heterocycles. The minimum atomic E-state index is -0.515. The largest absolute Gasteiger partial charge is 0.417 e. The third-order valence-electron chi connectivity index (χ3n) is 3.82. The monoisotopic (exact) mass is 343 g/mol. The van der Waals surface area contributed by atoms with Crippen molar-refractivity contribution in [2.45, 2.75) is 19.4 Å². The molecule has 25 heavy (non-hydrogen) atoms. The molecule has 0 bridgehead atoms. The average molecular weight is 343 g/mol. The first-order valence-electron chi connectivity index (χ1n) is 7.93. The molecule has 1 unspecified atom stereocenters. The molecule has 3 rings (SSSR count). The smallest absolute Gasteiger partial charge is 0.408 e. The van der Waals surface area contributed by atoms with E-state index in [9.17, 15) is 14.0 Å². The molecular formula is C18H18FN3O3. The number of carbonyl (C=O) groups excluding carboxylic acids is 1. The maximum absolute atomic E-state index is 12.8. The fourth-order valence-corrected chi connectivity index (χ4v) is 2.49. The van der Waals surface area contributed by atoms with Gasteiger partial charge in [0.2, 0.25) is 5.91 Å². The Bertz CT molecular complexity index is 931. The first-order chi connectivity index (χ1) is 12.0. The van der Waals surface area contributed by atoms with E-state index in [1.165, 1.54) is 12.1 Å². The van der Waals surface area contributed by atoms with Crippen LogP contribution in [0.2, 0.25) is 0 Å². The normalized spacial score (nSPS) is 12.1. The van der Waals surface area contributed by atoms with Crippen LogP contribution in [-0.2, 0) is 11.2 Å². The number of rotatable bonds is 6. The van der Waals surface area contributed by atoms with Crippen LogP contribution in [0.4, 0.5) is 10.1 Å². The van der Waals surface area contributed by atoms with Gasteiger partial charge in [-0.3, -0.25) is 9.78 Å². The lowest BCUT2D eigenvalue weighted by atomic mass is 10.1. The Morgan fingerprint density at radius 2 is 2.00 bits per heavy atom. The van der Waals surface area contributed by atoms with Crippen molar-refractivity contribution in [3.63, 3.8) is 0 Å². The summed E-state index contributed by atoms with van der Waals surface area (Å²) in [4.78, 5) is 25.9. The van der Waals surface area contributed by atoms with Gasteiger partial charge in [-0.2, -0.15) is 0 Å². The quantitative estimate of drug-likeness (QED) is 0.641. The summed E-state index contributed by atoms with van der Waals surface area (Å²) < 4.78 is 17.8. The van der Waals surface area contributed by atoms with E-state index in [0.717, 1.165) is 5.56 Å². The molecule has 0 fully saturated rings. The number of anilines is 1. The Kier molecular flexibility index (Phi) is 4.83. The zero-order valence-electron chi connectivity index (χ0n) is 13.6. The molecule has 1 amide bonds. The lowest BCUT2D eigenvalue weighted by molar-refractivity contribution is -0.121. The van der Waals surface area contributed by atoms with E-state index >= 15 is 0 Å². The Morgan fingerprint density at radius 3 is 2.76 bits per heavy atom. The first-order valence-corrected chi connectivity index (χ1v) is 7.93. The molecule has 0 saturated heterocycles. The molecular weight excluding hydrogens is 325 g/mol. The van der Waals surface area contributed by atoms with Crippen LogP contribution >= 0.6 is 0 Å². The minimum Gasteiger partial charge on any atom is -0.408 e. The van der Waals surface area contributed by atoms with Gasteiger partial charge in [0, 0.05) is 12.2 Å². The van der Waals surface area contributed by atoms with Crippen LogP contribution in [-0.4, -0.2) is 23.5 Å². The molecule has 130 valence electrons. The van der Waals surface area contributed by atoms with Crippen LogP contribution in [0, 0.1) is 5.82 Å². The van der Waals surface area contributed by atoms with Crippen molar-refractivity contribution < 1.29 is 13.6 Å². The third kappa shape index (κ3) is 4.26. The van der Waals surface area contributed by atoms with E-state index in [2.05, 4.69) is 15.6 Å². The molecule has 3 N–H and O–H groups in total. The Morgan fingerprint density at radius 1 is 1.24 bits per heavy atom. The molecule has 2 aromatic carbocycles. The molecule has 0 aliphatic carbocycles. The zero-order valence-corrected chi connectivity index (χ0v) is 13.6. The summed E-state index contributed by atoms with van der Waals surface area (Å²) in [6.45, 7) is 2.21. The highest BCUT2D eigenvalue weighted by atomic mass is 19.1. The number of oxazole rings is 1. The topological polar surface area (TPSA) is 87.1 Å². The van der Waals surface area contributed by atoms with Crippen LogP contribution < -0.4 is 16.4 Å². The maximum Gasteiger partial charge on any atom is 0.417 e. The van der Waals surface area contributed by atoms with Crippen LogP contribution in [0.15, 0.2) is 51.7 Å². The fourth-order valence-electron chi connectivity index (χ4n) is 2.49. The third-order valence-corrected chi connectivity index (χ3v) is 3.82. The molecule has 0 radical (unpaired) electrons.